The molecule has 0 aliphatic rings. The van der Waals surface area contributed by atoms with Crippen molar-refractivity contribution >= 4 is 11.6 Å². The second kappa shape index (κ2) is 7.52. The van der Waals surface area contributed by atoms with E-state index < -0.39 is 0 Å². The van der Waals surface area contributed by atoms with Gasteiger partial charge in [-0.3, -0.25) is 4.79 Å². The van der Waals surface area contributed by atoms with Gasteiger partial charge in [0.15, 0.2) is 6.61 Å². The molecule has 0 radical (unpaired) electrons. The average molecular weight is 325 g/mol. The zero-order valence-electron chi connectivity index (χ0n) is 15.3. The second-order valence-electron chi connectivity index (χ2n) is 6.92. The summed E-state index contributed by atoms with van der Waals surface area (Å²) in [4.78, 5) is 12.1. The molecule has 0 atom stereocenters. The van der Waals surface area contributed by atoms with Gasteiger partial charge in [-0.15, -0.1) is 0 Å². The molecule has 3 nitrogen and oxygen atoms in total. The number of rotatable bonds is 6. The van der Waals surface area contributed by atoms with Gasteiger partial charge in [0.2, 0.25) is 0 Å². The number of anilines is 1. The van der Waals surface area contributed by atoms with Gasteiger partial charge in [0, 0.05) is 5.69 Å². The van der Waals surface area contributed by atoms with E-state index in [4.69, 9.17) is 4.74 Å². The molecule has 0 unspecified atom stereocenters. The van der Waals surface area contributed by atoms with Crippen molar-refractivity contribution < 1.29 is 9.53 Å². The maximum absolute atomic E-state index is 12.1. The normalized spacial score (nSPS) is 11.2. The highest BCUT2D eigenvalue weighted by molar-refractivity contribution is 5.92. The van der Waals surface area contributed by atoms with E-state index >= 15 is 0 Å². The summed E-state index contributed by atoms with van der Waals surface area (Å²) in [6.07, 6.45) is 1.07. The summed E-state index contributed by atoms with van der Waals surface area (Å²) in [6.45, 7) is 10.6. The van der Waals surface area contributed by atoms with Gasteiger partial charge in [0.05, 0.1) is 0 Å². The summed E-state index contributed by atoms with van der Waals surface area (Å²) >= 11 is 0. The van der Waals surface area contributed by atoms with Gasteiger partial charge in [0.1, 0.15) is 5.75 Å². The third-order valence-corrected chi connectivity index (χ3v) is 4.55. The predicted molar refractivity (Wildman–Crippen MR) is 99.8 cm³/mol. The predicted octanol–water partition coefficient (Wildman–Crippen LogP) is 5.01. The molecule has 2 rings (SSSR count). The first-order valence-electron chi connectivity index (χ1n) is 8.42. The lowest BCUT2D eigenvalue weighted by Crippen LogP contribution is -2.20. The molecule has 3 heteroatoms. The number of carbonyl (C=O) groups excluding carboxylic acids is 1. The van der Waals surface area contributed by atoms with Gasteiger partial charge in [-0.1, -0.05) is 50.6 Å². The minimum Gasteiger partial charge on any atom is -0.484 e. The molecular weight excluding hydrogens is 298 g/mol. The lowest BCUT2D eigenvalue weighted by atomic mass is 9.82. The van der Waals surface area contributed by atoms with Crippen molar-refractivity contribution in [1.82, 2.24) is 0 Å². The van der Waals surface area contributed by atoms with Crippen molar-refractivity contribution in [2.24, 2.45) is 0 Å². The van der Waals surface area contributed by atoms with E-state index in [1.807, 2.05) is 44.2 Å². The summed E-state index contributed by atoms with van der Waals surface area (Å²) < 4.78 is 5.59. The molecule has 0 saturated heterocycles. The van der Waals surface area contributed by atoms with E-state index in [0.29, 0.717) is 5.75 Å². The fourth-order valence-electron chi connectivity index (χ4n) is 2.50. The van der Waals surface area contributed by atoms with E-state index in [1.54, 1.807) is 0 Å². The Balaban J connectivity index is 1.92. The Labute approximate surface area is 145 Å². The van der Waals surface area contributed by atoms with E-state index in [0.717, 1.165) is 17.7 Å². The van der Waals surface area contributed by atoms with Crippen LogP contribution in [-0.4, -0.2) is 12.5 Å². The maximum Gasteiger partial charge on any atom is 0.262 e. The summed E-state index contributed by atoms with van der Waals surface area (Å²) in [5, 5.41) is 2.89. The van der Waals surface area contributed by atoms with Crippen molar-refractivity contribution in [3.05, 3.63) is 59.2 Å². The molecule has 0 aliphatic heterocycles. The molecule has 1 amide bonds. The smallest absolute Gasteiger partial charge is 0.262 e. The van der Waals surface area contributed by atoms with E-state index in [1.165, 1.54) is 11.1 Å². The molecular formula is C21H27NO2. The van der Waals surface area contributed by atoms with Gasteiger partial charge < -0.3 is 10.1 Å². The zero-order chi connectivity index (χ0) is 17.7. The molecule has 0 bridgehead atoms. The zero-order valence-corrected chi connectivity index (χ0v) is 15.3. The van der Waals surface area contributed by atoms with Crippen LogP contribution in [0.5, 0.6) is 5.75 Å². The molecule has 0 aliphatic carbocycles. The average Bonchev–Trinajstić information content (AvgIpc) is 2.56. The maximum atomic E-state index is 12.1. The van der Waals surface area contributed by atoms with Crippen LogP contribution in [0.15, 0.2) is 42.5 Å². The van der Waals surface area contributed by atoms with Gasteiger partial charge in [0.25, 0.3) is 5.91 Å². The lowest BCUT2D eigenvalue weighted by Gasteiger charge is -2.23. The Hall–Kier alpha value is -2.29. The fourth-order valence-corrected chi connectivity index (χ4v) is 2.50. The number of carbonyl (C=O) groups is 1. The first-order valence-corrected chi connectivity index (χ1v) is 8.42. The van der Waals surface area contributed by atoms with Crippen LogP contribution in [0.1, 0.15) is 43.9 Å². The Morgan fingerprint density at radius 3 is 2.33 bits per heavy atom. The van der Waals surface area contributed by atoms with Crippen molar-refractivity contribution in [3.8, 4) is 5.75 Å². The van der Waals surface area contributed by atoms with Gasteiger partial charge >= 0.3 is 0 Å². The second-order valence-corrected chi connectivity index (χ2v) is 6.92. The van der Waals surface area contributed by atoms with Crippen molar-refractivity contribution in [3.63, 3.8) is 0 Å². The molecule has 0 saturated carbocycles. The summed E-state index contributed by atoms with van der Waals surface area (Å²) in [5.41, 5.74) is 4.48. The minimum absolute atomic E-state index is 0.00380. The molecule has 2 aromatic rings. The number of hydrogen-bond acceptors (Lipinski definition) is 2. The molecule has 0 fully saturated rings. The highest BCUT2D eigenvalue weighted by Gasteiger charge is 2.17. The summed E-state index contributed by atoms with van der Waals surface area (Å²) in [6, 6.07) is 13.9. The number of benzene rings is 2. The van der Waals surface area contributed by atoms with Gasteiger partial charge in [-0.05, 0) is 55.0 Å². The van der Waals surface area contributed by atoms with E-state index in [9.17, 15) is 4.79 Å². The van der Waals surface area contributed by atoms with Crippen LogP contribution in [0.4, 0.5) is 5.69 Å². The number of hydrogen-bond donors (Lipinski definition) is 1. The topological polar surface area (TPSA) is 38.3 Å². The van der Waals surface area contributed by atoms with Crippen LogP contribution < -0.4 is 10.1 Å². The lowest BCUT2D eigenvalue weighted by molar-refractivity contribution is -0.118. The molecule has 0 heterocycles. The van der Waals surface area contributed by atoms with Gasteiger partial charge in [-0.2, -0.15) is 0 Å². The minimum atomic E-state index is -0.153. The number of aryl methyl sites for hydroxylation is 2. The third-order valence-electron chi connectivity index (χ3n) is 4.55. The molecule has 0 aromatic heterocycles. The Bertz CT molecular complexity index is 702. The SMILES string of the molecule is CCC(C)(C)c1ccc(OCC(=O)Nc2ccc(C)cc2C)cc1. The first kappa shape index (κ1) is 18.1. The van der Waals surface area contributed by atoms with Crippen LogP contribution in [-0.2, 0) is 10.2 Å². The van der Waals surface area contributed by atoms with Crippen molar-refractivity contribution in [2.45, 2.75) is 46.5 Å². The highest BCUT2D eigenvalue weighted by Crippen LogP contribution is 2.28. The van der Waals surface area contributed by atoms with Gasteiger partial charge in [-0.25, -0.2) is 0 Å². The van der Waals surface area contributed by atoms with E-state index in [-0.39, 0.29) is 17.9 Å². The molecule has 128 valence electrons. The first-order chi connectivity index (χ1) is 11.3. The quantitative estimate of drug-likeness (QED) is 0.811. The van der Waals surface area contributed by atoms with Crippen molar-refractivity contribution in [1.29, 1.82) is 0 Å². The number of ether oxygens (including phenoxy) is 1. The van der Waals surface area contributed by atoms with Crippen LogP contribution in [0.2, 0.25) is 0 Å². The van der Waals surface area contributed by atoms with Crippen LogP contribution in [0, 0.1) is 13.8 Å². The standard InChI is InChI=1S/C21H27NO2/c1-6-21(4,5)17-8-10-18(11-9-17)24-14-20(23)22-19-12-7-15(2)13-16(19)3/h7-13H,6,14H2,1-5H3,(H,22,23). The Morgan fingerprint density at radius 1 is 1.08 bits per heavy atom. The monoisotopic (exact) mass is 325 g/mol. The fraction of sp³-hybridized carbons (Fsp3) is 0.381. The van der Waals surface area contributed by atoms with Crippen molar-refractivity contribution in [2.75, 3.05) is 11.9 Å². The van der Waals surface area contributed by atoms with E-state index in [2.05, 4.69) is 38.2 Å². The Kier molecular flexibility index (Phi) is 5.66. The third kappa shape index (κ3) is 4.60. The van der Waals surface area contributed by atoms with Crippen LogP contribution in [0.3, 0.4) is 0 Å². The molecule has 1 N–H and O–H groups in total. The highest BCUT2D eigenvalue weighted by atomic mass is 16.5. The largest absolute Gasteiger partial charge is 0.484 e. The van der Waals surface area contributed by atoms with Crippen LogP contribution >= 0.6 is 0 Å². The Morgan fingerprint density at radius 2 is 1.75 bits per heavy atom. The summed E-state index contributed by atoms with van der Waals surface area (Å²) in [5.74, 6) is 0.557. The molecule has 24 heavy (non-hydrogen) atoms. The molecule has 0 spiro atoms. The summed E-state index contributed by atoms with van der Waals surface area (Å²) in [7, 11) is 0. The molecule has 2 aromatic carbocycles. The number of amides is 1. The van der Waals surface area contributed by atoms with Crippen LogP contribution in [0.25, 0.3) is 0 Å². The number of nitrogens with one attached hydrogen (secondary N) is 1.